The minimum atomic E-state index is -0.233. The summed E-state index contributed by atoms with van der Waals surface area (Å²) in [6.07, 6.45) is 0.212. The second-order valence-corrected chi connectivity index (χ2v) is 9.04. The lowest BCUT2D eigenvalue weighted by molar-refractivity contribution is -0.130. The zero-order valence-corrected chi connectivity index (χ0v) is 19.0. The number of nitrogens with zero attached hydrogens (tertiary/aromatic N) is 2. The van der Waals surface area contributed by atoms with Crippen LogP contribution in [0.3, 0.4) is 0 Å². The summed E-state index contributed by atoms with van der Waals surface area (Å²) in [4.78, 5) is 31.0. The van der Waals surface area contributed by atoms with E-state index in [0.717, 1.165) is 30.0 Å². The van der Waals surface area contributed by atoms with Crippen molar-refractivity contribution in [1.29, 1.82) is 0 Å². The van der Waals surface area contributed by atoms with E-state index in [1.165, 1.54) is 18.3 Å². The zero-order chi connectivity index (χ0) is 21.8. The standard InChI is InChI=1S/C22H30N4O3S/c1-13(2)20(26-10-14(3)29-15(4)11-26)21(28)25-22-24-19(12-30-22)17-6-8-18(9-7-17)23-16(5)27/h6-9,12-15,20H,10-11H2,1-5H3,(H,23,27)(H,24,25,28). The number of anilines is 2. The quantitative estimate of drug-likeness (QED) is 0.727. The monoisotopic (exact) mass is 430 g/mol. The molecule has 0 radical (unpaired) electrons. The summed E-state index contributed by atoms with van der Waals surface area (Å²) in [6.45, 7) is 11.2. The van der Waals surface area contributed by atoms with Gasteiger partial charge in [-0.15, -0.1) is 11.3 Å². The number of rotatable bonds is 6. The van der Waals surface area contributed by atoms with E-state index >= 15 is 0 Å². The Morgan fingerprint density at radius 3 is 2.33 bits per heavy atom. The van der Waals surface area contributed by atoms with Crippen molar-refractivity contribution in [2.75, 3.05) is 23.7 Å². The number of ether oxygens (including phenoxy) is 1. The number of nitrogens with one attached hydrogen (secondary N) is 2. The van der Waals surface area contributed by atoms with Gasteiger partial charge >= 0.3 is 0 Å². The van der Waals surface area contributed by atoms with Crippen molar-refractivity contribution in [3.8, 4) is 11.3 Å². The van der Waals surface area contributed by atoms with Crippen LogP contribution in [0, 0.1) is 5.92 Å². The molecule has 1 saturated heterocycles. The summed E-state index contributed by atoms with van der Waals surface area (Å²) in [5, 5.41) is 8.26. The molecule has 3 rings (SSSR count). The normalized spacial score (nSPS) is 20.7. The SMILES string of the molecule is CC(=O)Nc1ccc(-c2csc(NC(=O)C(C(C)C)N3CC(C)OC(C)C3)n2)cc1. The van der Waals surface area contributed by atoms with E-state index in [-0.39, 0.29) is 36.0 Å². The van der Waals surface area contributed by atoms with Gasteiger partial charge in [0.1, 0.15) is 0 Å². The first kappa shape index (κ1) is 22.4. The molecule has 0 aliphatic carbocycles. The van der Waals surface area contributed by atoms with Crippen LogP contribution < -0.4 is 10.6 Å². The summed E-state index contributed by atoms with van der Waals surface area (Å²) in [5.74, 6) is 0.0293. The van der Waals surface area contributed by atoms with Crippen LogP contribution >= 0.6 is 11.3 Å². The third-order valence-corrected chi connectivity index (χ3v) is 5.73. The molecule has 3 atom stereocenters. The van der Waals surface area contributed by atoms with Crippen molar-refractivity contribution in [2.45, 2.75) is 52.9 Å². The third-order valence-electron chi connectivity index (χ3n) is 4.98. The molecular formula is C22H30N4O3S. The van der Waals surface area contributed by atoms with Crippen LogP contribution in [0.25, 0.3) is 11.3 Å². The number of morpholine rings is 1. The van der Waals surface area contributed by atoms with Crippen molar-refractivity contribution in [3.63, 3.8) is 0 Å². The van der Waals surface area contributed by atoms with Crippen molar-refractivity contribution in [3.05, 3.63) is 29.6 Å². The van der Waals surface area contributed by atoms with E-state index in [9.17, 15) is 9.59 Å². The number of hydrogen-bond acceptors (Lipinski definition) is 6. The lowest BCUT2D eigenvalue weighted by atomic mass is 10.00. The highest BCUT2D eigenvalue weighted by Crippen LogP contribution is 2.27. The Kier molecular flexibility index (Phi) is 7.23. The van der Waals surface area contributed by atoms with Gasteiger partial charge < -0.3 is 15.4 Å². The molecule has 3 unspecified atom stereocenters. The Labute approximate surface area is 181 Å². The second kappa shape index (κ2) is 9.68. The molecule has 8 heteroatoms. The minimum Gasteiger partial charge on any atom is -0.373 e. The van der Waals surface area contributed by atoms with Gasteiger partial charge in [0, 0.05) is 36.6 Å². The molecule has 2 heterocycles. The van der Waals surface area contributed by atoms with E-state index in [1.807, 2.05) is 43.5 Å². The molecule has 1 aromatic carbocycles. The fraction of sp³-hybridized carbons (Fsp3) is 0.500. The molecular weight excluding hydrogens is 400 g/mol. The van der Waals surface area contributed by atoms with Crippen molar-refractivity contribution in [1.82, 2.24) is 9.88 Å². The second-order valence-electron chi connectivity index (χ2n) is 8.19. The average Bonchev–Trinajstić information content (AvgIpc) is 3.09. The van der Waals surface area contributed by atoms with Gasteiger partial charge in [-0.25, -0.2) is 4.98 Å². The van der Waals surface area contributed by atoms with Gasteiger partial charge in [-0.2, -0.15) is 0 Å². The van der Waals surface area contributed by atoms with Crippen LogP contribution in [0.15, 0.2) is 29.6 Å². The highest BCUT2D eigenvalue weighted by Gasteiger charge is 2.34. The van der Waals surface area contributed by atoms with Gasteiger partial charge in [-0.3, -0.25) is 14.5 Å². The van der Waals surface area contributed by atoms with Gasteiger partial charge in [-0.1, -0.05) is 26.0 Å². The highest BCUT2D eigenvalue weighted by atomic mass is 32.1. The predicted molar refractivity (Wildman–Crippen MR) is 121 cm³/mol. The Hall–Kier alpha value is -2.29. The molecule has 1 aromatic heterocycles. The van der Waals surface area contributed by atoms with Crippen molar-refractivity contribution >= 4 is 34.0 Å². The molecule has 2 aromatic rings. The molecule has 1 fully saturated rings. The Balaban J connectivity index is 1.69. The van der Waals surface area contributed by atoms with Crippen LogP contribution in [0.2, 0.25) is 0 Å². The summed E-state index contributed by atoms with van der Waals surface area (Å²) in [5.41, 5.74) is 2.46. The fourth-order valence-corrected chi connectivity index (χ4v) is 4.63. The summed E-state index contributed by atoms with van der Waals surface area (Å²) in [7, 11) is 0. The number of thiazole rings is 1. The summed E-state index contributed by atoms with van der Waals surface area (Å²) >= 11 is 1.41. The Morgan fingerprint density at radius 1 is 1.13 bits per heavy atom. The number of aromatic nitrogens is 1. The van der Waals surface area contributed by atoms with Gasteiger partial charge in [0.15, 0.2) is 5.13 Å². The van der Waals surface area contributed by atoms with E-state index in [1.54, 1.807) is 0 Å². The molecule has 7 nitrogen and oxygen atoms in total. The highest BCUT2D eigenvalue weighted by molar-refractivity contribution is 7.14. The molecule has 2 N–H and O–H groups in total. The lowest BCUT2D eigenvalue weighted by Crippen LogP contribution is -2.55. The summed E-state index contributed by atoms with van der Waals surface area (Å²) < 4.78 is 5.82. The number of benzene rings is 1. The third kappa shape index (κ3) is 5.65. The van der Waals surface area contributed by atoms with E-state index in [4.69, 9.17) is 4.74 Å². The first-order valence-electron chi connectivity index (χ1n) is 10.3. The van der Waals surface area contributed by atoms with Crippen LogP contribution in [-0.4, -0.2) is 53.0 Å². The molecule has 0 bridgehead atoms. The Morgan fingerprint density at radius 2 is 1.77 bits per heavy atom. The van der Waals surface area contributed by atoms with Crippen LogP contribution in [0.4, 0.5) is 10.8 Å². The molecule has 162 valence electrons. The van der Waals surface area contributed by atoms with Crippen LogP contribution in [0.5, 0.6) is 0 Å². The van der Waals surface area contributed by atoms with E-state index in [0.29, 0.717) is 5.13 Å². The lowest BCUT2D eigenvalue weighted by Gasteiger charge is -2.40. The maximum Gasteiger partial charge on any atom is 0.243 e. The van der Waals surface area contributed by atoms with Gasteiger partial charge in [0.25, 0.3) is 0 Å². The maximum atomic E-state index is 13.1. The number of carbonyl (C=O) groups excluding carboxylic acids is 2. The van der Waals surface area contributed by atoms with Gasteiger partial charge in [0.2, 0.25) is 11.8 Å². The predicted octanol–water partition coefficient (Wildman–Crippen LogP) is 3.84. The molecule has 1 aliphatic rings. The summed E-state index contributed by atoms with van der Waals surface area (Å²) in [6, 6.07) is 7.25. The number of amides is 2. The smallest absolute Gasteiger partial charge is 0.243 e. The number of hydrogen-bond donors (Lipinski definition) is 2. The largest absolute Gasteiger partial charge is 0.373 e. The minimum absolute atomic E-state index is 0.0341. The Bertz CT molecular complexity index is 871. The molecule has 30 heavy (non-hydrogen) atoms. The van der Waals surface area contributed by atoms with E-state index in [2.05, 4.69) is 34.4 Å². The maximum absolute atomic E-state index is 13.1. The first-order valence-corrected chi connectivity index (χ1v) is 11.1. The molecule has 2 amide bonds. The number of carbonyl (C=O) groups is 2. The first-order chi connectivity index (χ1) is 14.2. The van der Waals surface area contributed by atoms with E-state index < -0.39 is 0 Å². The molecule has 0 spiro atoms. The average molecular weight is 431 g/mol. The molecule has 0 saturated carbocycles. The molecule has 1 aliphatic heterocycles. The topological polar surface area (TPSA) is 83.6 Å². The fourth-order valence-electron chi connectivity index (χ4n) is 3.91. The van der Waals surface area contributed by atoms with Crippen LogP contribution in [-0.2, 0) is 14.3 Å². The van der Waals surface area contributed by atoms with Gasteiger partial charge in [0.05, 0.1) is 23.9 Å². The van der Waals surface area contributed by atoms with Crippen LogP contribution in [0.1, 0.15) is 34.6 Å². The van der Waals surface area contributed by atoms with Crippen molar-refractivity contribution in [2.24, 2.45) is 5.92 Å². The van der Waals surface area contributed by atoms with Gasteiger partial charge in [-0.05, 0) is 31.9 Å². The van der Waals surface area contributed by atoms with Crippen molar-refractivity contribution < 1.29 is 14.3 Å². The zero-order valence-electron chi connectivity index (χ0n) is 18.1.